The first kappa shape index (κ1) is 41.9. The number of benzene rings is 10. The number of hydrogen-bond donors (Lipinski definition) is 0. The minimum atomic E-state index is -0.673. The topological polar surface area (TPSA) is 58.4 Å². The summed E-state index contributed by atoms with van der Waals surface area (Å²) < 4.78 is 70.7. The van der Waals surface area contributed by atoms with Crippen LogP contribution < -0.4 is 0 Å². The number of fused-ring (bicyclic) bond motifs is 14. The van der Waals surface area contributed by atoms with Gasteiger partial charge in [-0.1, -0.05) is 140 Å². The Labute approximate surface area is 417 Å². The Morgan fingerprint density at radius 3 is 0.946 bits per heavy atom. The second-order valence-electron chi connectivity index (χ2n) is 18.5. The van der Waals surface area contributed by atoms with Crippen molar-refractivity contribution >= 4 is 87.2 Å². The molecule has 0 saturated carbocycles. The van der Waals surface area contributed by atoms with Crippen LogP contribution in [0.15, 0.2) is 212 Å². The average molecular weight is 966 g/mol. The van der Waals surface area contributed by atoms with Crippen molar-refractivity contribution in [2.45, 2.75) is 0 Å². The third-order valence-electron chi connectivity index (χ3n) is 14.5. The SMILES string of the molecule is Fc1cccc(F)c1-n1c2ccccc2c2c3c4ccccc4n(-c4nc(-c5ccc(-c6ccccc6)cc5)nc(-n5c6ccccc6c6c7c8ccccc8n(-c8c(F)cccc8F)c7ccc65)n4)c3ccc21. The largest absolute Gasteiger partial charge is 0.304 e. The van der Waals surface area contributed by atoms with E-state index in [1.165, 1.54) is 36.4 Å². The fourth-order valence-corrected chi connectivity index (χ4v) is 11.5. The fourth-order valence-electron chi connectivity index (χ4n) is 11.5. The van der Waals surface area contributed by atoms with E-state index < -0.39 is 23.3 Å². The van der Waals surface area contributed by atoms with Gasteiger partial charge in [0.05, 0.1) is 44.1 Å². The molecule has 15 aromatic rings. The highest BCUT2D eigenvalue weighted by atomic mass is 19.1. The lowest BCUT2D eigenvalue weighted by Crippen LogP contribution is -2.10. The number of para-hydroxylation sites is 6. The predicted octanol–water partition coefficient (Wildman–Crippen LogP) is 16.2. The fraction of sp³-hybridized carbons (Fsp3) is 0. The summed E-state index contributed by atoms with van der Waals surface area (Å²) in [5.41, 5.74) is 8.30. The first-order chi connectivity index (χ1) is 36.4. The van der Waals surface area contributed by atoms with Crippen LogP contribution in [-0.2, 0) is 0 Å². The van der Waals surface area contributed by atoms with Crippen molar-refractivity contribution in [3.05, 3.63) is 236 Å². The first-order valence-electron chi connectivity index (χ1n) is 24.1. The molecule has 5 aromatic heterocycles. The van der Waals surface area contributed by atoms with Crippen molar-refractivity contribution in [3.8, 4) is 45.8 Å². The normalized spacial score (nSPS) is 12.1. The monoisotopic (exact) mass is 965 g/mol. The molecule has 0 amide bonds. The van der Waals surface area contributed by atoms with Crippen LogP contribution in [0.25, 0.3) is 133 Å². The van der Waals surface area contributed by atoms with Gasteiger partial charge in [0, 0.05) is 48.7 Å². The Morgan fingerprint density at radius 2 is 0.554 bits per heavy atom. The zero-order chi connectivity index (χ0) is 49.3. The second kappa shape index (κ2) is 15.8. The van der Waals surface area contributed by atoms with Crippen LogP contribution >= 0.6 is 0 Å². The Bertz CT molecular complexity index is 4530. The molecule has 0 unspecified atom stereocenters. The van der Waals surface area contributed by atoms with E-state index in [-0.39, 0.29) is 11.4 Å². The molecule has 0 N–H and O–H groups in total. The van der Waals surface area contributed by atoms with Gasteiger partial charge in [0.25, 0.3) is 0 Å². The molecule has 0 radical (unpaired) electrons. The number of aromatic nitrogens is 7. The average Bonchev–Trinajstić information content (AvgIpc) is 4.24. The van der Waals surface area contributed by atoms with Crippen LogP contribution in [-0.4, -0.2) is 33.2 Å². The molecule has 10 aromatic carbocycles. The van der Waals surface area contributed by atoms with Crippen LogP contribution in [0.1, 0.15) is 0 Å². The molecule has 350 valence electrons. The van der Waals surface area contributed by atoms with Crippen molar-refractivity contribution in [2.24, 2.45) is 0 Å². The summed E-state index contributed by atoms with van der Waals surface area (Å²) in [6.07, 6.45) is 0. The molecule has 0 saturated heterocycles. The minimum Gasteiger partial charge on any atom is -0.304 e. The van der Waals surface area contributed by atoms with Gasteiger partial charge in [-0.2, -0.15) is 15.0 Å². The molecule has 7 nitrogen and oxygen atoms in total. The maximum atomic E-state index is 15.8. The van der Waals surface area contributed by atoms with Crippen molar-refractivity contribution in [3.63, 3.8) is 0 Å². The molecular weight excluding hydrogens is 931 g/mol. The maximum Gasteiger partial charge on any atom is 0.240 e. The lowest BCUT2D eigenvalue weighted by Gasteiger charge is -2.13. The van der Waals surface area contributed by atoms with E-state index in [1.807, 2.05) is 149 Å². The highest BCUT2D eigenvalue weighted by molar-refractivity contribution is 6.30. The molecule has 0 atom stereocenters. The Morgan fingerprint density at radius 1 is 0.243 bits per heavy atom. The lowest BCUT2D eigenvalue weighted by atomic mass is 10.0. The summed E-state index contributed by atoms with van der Waals surface area (Å²) >= 11 is 0. The molecule has 0 aliphatic carbocycles. The summed E-state index contributed by atoms with van der Waals surface area (Å²) in [4.78, 5) is 16.1. The summed E-state index contributed by atoms with van der Waals surface area (Å²) in [7, 11) is 0. The van der Waals surface area contributed by atoms with Gasteiger partial charge in [0.1, 0.15) is 34.6 Å². The van der Waals surface area contributed by atoms with Crippen LogP contribution in [0.4, 0.5) is 17.6 Å². The van der Waals surface area contributed by atoms with Crippen LogP contribution in [0.5, 0.6) is 0 Å². The van der Waals surface area contributed by atoms with Crippen molar-refractivity contribution < 1.29 is 17.6 Å². The first-order valence-corrected chi connectivity index (χ1v) is 24.1. The Balaban J connectivity index is 1.04. The third kappa shape index (κ3) is 5.91. The molecule has 0 bridgehead atoms. The predicted molar refractivity (Wildman–Crippen MR) is 288 cm³/mol. The Hall–Kier alpha value is -9.87. The van der Waals surface area contributed by atoms with Crippen LogP contribution in [0.2, 0.25) is 0 Å². The molecule has 74 heavy (non-hydrogen) atoms. The molecular formula is C63H35F4N7. The van der Waals surface area contributed by atoms with E-state index in [4.69, 9.17) is 15.0 Å². The summed E-state index contributed by atoms with van der Waals surface area (Å²) in [5, 5.41) is 6.80. The minimum absolute atomic E-state index is 0.153. The van der Waals surface area contributed by atoms with Gasteiger partial charge in [0.15, 0.2) is 5.82 Å². The second-order valence-corrected chi connectivity index (χ2v) is 18.5. The molecule has 0 aliphatic rings. The quantitative estimate of drug-likeness (QED) is 0.156. The van der Waals surface area contributed by atoms with E-state index in [1.54, 1.807) is 9.13 Å². The summed E-state index contributed by atoms with van der Waals surface area (Å²) in [5.74, 6) is -1.60. The van der Waals surface area contributed by atoms with E-state index >= 15 is 17.6 Å². The van der Waals surface area contributed by atoms with Crippen LogP contribution in [0, 0.1) is 23.3 Å². The smallest absolute Gasteiger partial charge is 0.240 e. The van der Waals surface area contributed by atoms with E-state index in [9.17, 15) is 0 Å². The van der Waals surface area contributed by atoms with Crippen molar-refractivity contribution in [2.75, 3.05) is 0 Å². The highest BCUT2D eigenvalue weighted by Gasteiger charge is 2.27. The number of rotatable bonds is 6. The maximum absolute atomic E-state index is 15.8. The number of hydrogen-bond acceptors (Lipinski definition) is 3. The lowest BCUT2D eigenvalue weighted by molar-refractivity contribution is 0.572. The Kier molecular flexibility index (Phi) is 8.95. The molecule has 11 heteroatoms. The van der Waals surface area contributed by atoms with Gasteiger partial charge >= 0.3 is 0 Å². The van der Waals surface area contributed by atoms with Gasteiger partial charge < -0.3 is 9.13 Å². The van der Waals surface area contributed by atoms with Crippen LogP contribution in [0.3, 0.4) is 0 Å². The number of halogens is 4. The van der Waals surface area contributed by atoms with Gasteiger partial charge in [-0.05, 0) is 83.9 Å². The molecule has 5 heterocycles. The summed E-state index contributed by atoms with van der Waals surface area (Å²) in [6, 6.07) is 65.3. The molecule has 0 aliphatic heterocycles. The van der Waals surface area contributed by atoms with E-state index in [2.05, 4.69) is 36.4 Å². The van der Waals surface area contributed by atoms with Gasteiger partial charge in [-0.3, -0.25) is 9.13 Å². The van der Waals surface area contributed by atoms with E-state index in [0.29, 0.717) is 39.8 Å². The van der Waals surface area contributed by atoms with Crippen molar-refractivity contribution in [1.82, 2.24) is 33.2 Å². The standard InChI is InChI=1S/C63H35F4N7/c64-43-20-12-21-44(65)59(43)71-47-24-8-4-16-39(47)55-51(71)32-34-53-57(55)41-18-6-10-26-49(41)73(53)62-68-61(38-30-28-37(29-31-38)36-14-2-1-3-15-36)69-63(70-62)74-50-27-11-7-19-42(50)58-54(74)35-33-52-56(58)40-17-5-9-25-48(40)72(52)60-45(66)22-13-23-46(60)67/h1-35H. The number of nitrogens with zero attached hydrogens (tertiary/aromatic N) is 7. The third-order valence-corrected chi connectivity index (χ3v) is 14.5. The van der Waals surface area contributed by atoms with Crippen molar-refractivity contribution in [1.29, 1.82) is 0 Å². The molecule has 0 spiro atoms. The highest BCUT2D eigenvalue weighted by Crippen LogP contribution is 2.45. The van der Waals surface area contributed by atoms with Gasteiger partial charge in [-0.25, -0.2) is 17.6 Å². The zero-order valence-corrected chi connectivity index (χ0v) is 38.8. The molecule has 0 fully saturated rings. The van der Waals surface area contributed by atoms with Gasteiger partial charge in [0.2, 0.25) is 11.9 Å². The van der Waals surface area contributed by atoms with E-state index in [0.717, 1.165) is 81.8 Å². The van der Waals surface area contributed by atoms with Gasteiger partial charge in [-0.15, -0.1) is 0 Å². The summed E-state index contributed by atoms with van der Waals surface area (Å²) in [6.45, 7) is 0. The molecule has 15 rings (SSSR count). The zero-order valence-electron chi connectivity index (χ0n) is 38.8.